The molecular weight excluding hydrogens is 421 g/mol. The molecule has 4 atom stereocenters. The Morgan fingerprint density at radius 3 is 2.91 bits per heavy atom. The second kappa shape index (κ2) is 6.73. The quantitative estimate of drug-likeness (QED) is 0.726. The summed E-state index contributed by atoms with van der Waals surface area (Å²) in [6.45, 7) is 4.00. The predicted octanol–water partition coefficient (Wildman–Crippen LogP) is 3.72. The predicted molar refractivity (Wildman–Crippen MR) is 108 cm³/mol. The summed E-state index contributed by atoms with van der Waals surface area (Å²) in [4.78, 5) is 17.8. The summed E-state index contributed by atoms with van der Waals surface area (Å²) < 4.78 is 45.6. The van der Waals surface area contributed by atoms with E-state index in [4.69, 9.17) is 4.74 Å². The van der Waals surface area contributed by atoms with Crippen LogP contribution in [0.1, 0.15) is 48.6 Å². The van der Waals surface area contributed by atoms with E-state index in [0.29, 0.717) is 17.4 Å². The number of hydrogen-bond acceptors (Lipinski definition) is 4. The maximum Gasteiger partial charge on any atom is 0.416 e. The van der Waals surface area contributed by atoms with Crippen LogP contribution in [0.2, 0.25) is 0 Å². The molecule has 6 nitrogen and oxygen atoms in total. The summed E-state index contributed by atoms with van der Waals surface area (Å²) in [5, 5.41) is 7.21. The Kier molecular flexibility index (Phi) is 4.22. The Balaban J connectivity index is 1.24. The van der Waals surface area contributed by atoms with Crippen molar-refractivity contribution in [1.82, 2.24) is 20.0 Å². The van der Waals surface area contributed by atoms with Crippen LogP contribution in [-0.4, -0.2) is 44.7 Å². The standard InChI is InChI=1S/C23H25F3N4O2/c1-13-20-30(12-14-8-16(23(24,25)26)2-3-19(14)32-20)21(31)22(13)6-4-17(9-22)29-7-5-18-15(11-29)10-27-28-18/h2-3,8,10,13,17,20H,4-7,9,11-12H2,1H3,(H,27,28)/t13?,17-,20?,22+/m1/s1. The lowest BCUT2D eigenvalue weighted by Gasteiger charge is -2.34. The molecule has 1 amide bonds. The summed E-state index contributed by atoms with van der Waals surface area (Å²) in [7, 11) is 0. The Hall–Kier alpha value is -2.55. The fraction of sp³-hybridized carbons (Fsp3) is 0.565. The van der Waals surface area contributed by atoms with Gasteiger partial charge in [0, 0.05) is 48.3 Å². The first-order valence-electron chi connectivity index (χ1n) is 11.2. The molecule has 3 aliphatic heterocycles. The van der Waals surface area contributed by atoms with Crippen LogP contribution < -0.4 is 4.74 Å². The summed E-state index contributed by atoms with van der Waals surface area (Å²) in [6, 6.07) is 3.87. The lowest BCUT2D eigenvalue weighted by molar-refractivity contribution is -0.140. The van der Waals surface area contributed by atoms with Crippen molar-refractivity contribution in [3.8, 4) is 5.75 Å². The van der Waals surface area contributed by atoms with Crippen molar-refractivity contribution in [2.24, 2.45) is 11.3 Å². The lowest BCUT2D eigenvalue weighted by atomic mass is 9.76. The number of hydrogen-bond donors (Lipinski definition) is 1. The molecule has 1 saturated heterocycles. The Morgan fingerprint density at radius 1 is 1.25 bits per heavy atom. The van der Waals surface area contributed by atoms with Crippen LogP contribution in [0.25, 0.3) is 0 Å². The fourth-order valence-electron chi connectivity index (χ4n) is 6.30. The van der Waals surface area contributed by atoms with Crippen molar-refractivity contribution in [3.63, 3.8) is 0 Å². The molecule has 170 valence electrons. The van der Waals surface area contributed by atoms with E-state index in [1.54, 1.807) is 4.90 Å². The molecule has 1 saturated carbocycles. The number of carbonyl (C=O) groups is 1. The lowest BCUT2D eigenvalue weighted by Crippen LogP contribution is -2.42. The molecule has 2 fully saturated rings. The molecule has 2 aromatic rings. The highest BCUT2D eigenvalue weighted by atomic mass is 19.4. The molecule has 1 aromatic carbocycles. The molecule has 4 heterocycles. The second-order valence-corrected chi connectivity index (χ2v) is 9.70. The Labute approximate surface area is 183 Å². The van der Waals surface area contributed by atoms with Gasteiger partial charge in [-0.3, -0.25) is 14.8 Å². The van der Waals surface area contributed by atoms with Gasteiger partial charge in [-0.15, -0.1) is 0 Å². The maximum atomic E-state index is 13.6. The van der Waals surface area contributed by atoms with Gasteiger partial charge in [-0.25, -0.2) is 0 Å². The fourth-order valence-corrected chi connectivity index (χ4v) is 6.30. The SMILES string of the molecule is CC1C2Oc3ccc(C(F)(F)F)cc3CN2C(=O)[C@]12CC[C@@H](N1CCc3[nH]ncc3C1)C2. The van der Waals surface area contributed by atoms with Crippen LogP contribution in [0.4, 0.5) is 13.2 Å². The average molecular weight is 446 g/mol. The zero-order chi connectivity index (χ0) is 22.3. The van der Waals surface area contributed by atoms with E-state index >= 15 is 0 Å². The number of nitrogens with zero attached hydrogens (tertiary/aromatic N) is 3. The Bertz CT molecular complexity index is 1080. The van der Waals surface area contributed by atoms with Crippen molar-refractivity contribution in [2.45, 2.75) is 64.1 Å². The third kappa shape index (κ3) is 2.82. The van der Waals surface area contributed by atoms with E-state index in [2.05, 4.69) is 22.0 Å². The largest absolute Gasteiger partial charge is 0.470 e. The molecule has 0 radical (unpaired) electrons. The van der Waals surface area contributed by atoms with Crippen molar-refractivity contribution in [1.29, 1.82) is 0 Å². The van der Waals surface area contributed by atoms with Crippen molar-refractivity contribution < 1.29 is 22.7 Å². The highest BCUT2D eigenvalue weighted by Gasteiger charge is 2.62. The maximum absolute atomic E-state index is 13.6. The molecule has 4 aliphatic rings. The molecule has 1 spiro atoms. The van der Waals surface area contributed by atoms with E-state index in [1.807, 2.05) is 6.20 Å². The third-order valence-corrected chi connectivity index (χ3v) is 8.14. The number of ether oxygens (including phenoxy) is 1. The first kappa shape index (κ1) is 20.1. The molecule has 1 aliphatic carbocycles. The van der Waals surface area contributed by atoms with Gasteiger partial charge in [0.15, 0.2) is 6.23 Å². The van der Waals surface area contributed by atoms with Gasteiger partial charge in [0.2, 0.25) is 5.91 Å². The normalized spacial score (nSPS) is 32.1. The van der Waals surface area contributed by atoms with Gasteiger partial charge in [0.25, 0.3) is 0 Å². The number of halogens is 3. The second-order valence-electron chi connectivity index (χ2n) is 9.70. The molecule has 32 heavy (non-hydrogen) atoms. The van der Waals surface area contributed by atoms with Crippen molar-refractivity contribution in [3.05, 3.63) is 46.8 Å². The van der Waals surface area contributed by atoms with E-state index in [-0.39, 0.29) is 18.4 Å². The van der Waals surface area contributed by atoms with Crippen LogP contribution in [0, 0.1) is 11.3 Å². The highest BCUT2D eigenvalue weighted by molar-refractivity contribution is 5.86. The van der Waals surface area contributed by atoms with E-state index in [1.165, 1.54) is 17.3 Å². The van der Waals surface area contributed by atoms with E-state index in [0.717, 1.165) is 50.9 Å². The molecular formula is C23H25F3N4O2. The molecule has 9 heteroatoms. The number of aromatic nitrogens is 2. The summed E-state index contributed by atoms with van der Waals surface area (Å²) in [5.41, 5.74) is 1.62. The van der Waals surface area contributed by atoms with E-state index in [9.17, 15) is 18.0 Å². The molecule has 2 unspecified atom stereocenters. The van der Waals surface area contributed by atoms with Gasteiger partial charge in [0.05, 0.1) is 23.7 Å². The number of carbonyl (C=O) groups excluding carboxylic acids is 1. The van der Waals surface area contributed by atoms with Crippen molar-refractivity contribution >= 4 is 5.91 Å². The van der Waals surface area contributed by atoms with Gasteiger partial charge in [-0.2, -0.15) is 18.3 Å². The number of amides is 1. The Morgan fingerprint density at radius 2 is 2.09 bits per heavy atom. The number of fused-ring (bicyclic) bond motifs is 3. The third-order valence-electron chi connectivity index (χ3n) is 8.14. The molecule has 1 N–H and O–H groups in total. The number of rotatable bonds is 1. The number of alkyl halides is 3. The number of H-pyrrole nitrogens is 1. The van der Waals surface area contributed by atoms with Crippen LogP contribution in [0.5, 0.6) is 5.75 Å². The average Bonchev–Trinajstić information content (AvgIpc) is 3.47. The summed E-state index contributed by atoms with van der Waals surface area (Å²) in [5.74, 6) is 0.459. The zero-order valence-electron chi connectivity index (χ0n) is 17.8. The molecule has 6 rings (SSSR count). The van der Waals surface area contributed by atoms with Gasteiger partial charge in [0.1, 0.15) is 5.75 Å². The zero-order valence-corrected chi connectivity index (χ0v) is 17.8. The minimum absolute atomic E-state index is 0.0234. The van der Waals surface area contributed by atoms with Gasteiger partial charge >= 0.3 is 6.18 Å². The summed E-state index contributed by atoms with van der Waals surface area (Å²) >= 11 is 0. The van der Waals surface area contributed by atoms with Gasteiger partial charge in [-0.05, 0) is 37.5 Å². The molecule has 0 bridgehead atoms. The van der Waals surface area contributed by atoms with Gasteiger partial charge < -0.3 is 9.64 Å². The highest BCUT2D eigenvalue weighted by Crippen LogP contribution is 2.55. The van der Waals surface area contributed by atoms with Crippen LogP contribution in [0.3, 0.4) is 0 Å². The van der Waals surface area contributed by atoms with Crippen LogP contribution in [-0.2, 0) is 30.5 Å². The smallest absolute Gasteiger partial charge is 0.416 e. The summed E-state index contributed by atoms with van der Waals surface area (Å²) in [6.07, 6.45) is 0.458. The van der Waals surface area contributed by atoms with E-state index < -0.39 is 23.4 Å². The van der Waals surface area contributed by atoms with Crippen molar-refractivity contribution in [2.75, 3.05) is 6.54 Å². The minimum Gasteiger partial charge on any atom is -0.470 e. The van der Waals surface area contributed by atoms with Gasteiger partial charge in [-0.1, -0.05) is 6.92 Å². The van der Waals surface area contributed by atoms with Crippen LogP contribution >= 0.6 is 0 Å². The topological polar surface area (TPSA) is 61.5 Å². The first-order valence-corrected chi connectivity index (χ1v) is 11.2. The molecule has 1 aromatic heterocycles. The number of nitrogens with one attached hydrogen (secondary N) is 1. The first-order chi connectivity index (χ1) is 15.3. The van der Waals surface area contributed by atoms with Crippen LogP contribution in [0.15, 0.2) is 24.4 Å². The minimum atomic E-state index is -4.42. The number of benzene rings is 1. The monoisotopic (exact) mass is 446 g/mol. The number of aromatic amines is 1.